The molecule has 0 saturated heterocycles. The van der Waals surface area contributed by atoms with Gasteiger partial charge in [-0.2, -0.15) is 4.98 Å². The van der Waals surface area contributed by atoms with E-state index in [0.717, 1.165) is 12.8 Å². The number of nitrogens with one attached hydrogen (secondary N) is 1. The van der Waals surface area contributed by atoms with Gasteiger partial charge in [-0.05, 0) is 30.7 Å². The maximum Gasteiger partial charge on any atom is 0.263 e. The second-order valence-electron chi connectivity index (χ2n) is 7.06. The fourth-order valence-corrected chi connectivity index (χ4v) is 3.97. The SMILES string of the molecule is CCCCCCCCCCOc1ncnc(NS(=O)(=O)c2ccc(N)cc2)c1OC. The van der Waals surface area contributed by atoms with E-state index in [4.69, 9.17) is 15.2 Å². The summed E-state index contributed by atoms with van der Waals surface area (Å²) < 4.78 is 38.7. The number of ether oxygens (including phenoxy) is 2. The second kappa shape index (κ2) is 12.2. The van der Waals surface area contributed by atoms with Crippen LogP contribution in [0.15, 0.2) is 35.5 Å². The molecule has 2 rings (SSSR count). The average Bonchev–Trinajstić information content (AvgIpc) is 2.73. The van der Waals surface area contributed by atoms with E-state index in [0.29, 0.717) is 12.3 Å². The Bertz CT molecular complexity index is 873. The first-order valence-corrected chi connectivity index (χ1v) is 11.9. The highest BCUT2D eigenvalue weighted by atomic mass is 32.2. The number of nitrogens with two attached hydrogens (primary N) is 1. The summed E-state index contributed by atoms with van der Waals surface area (Å²) in [7, 11) is -2.43. The smallest absolute Gasteiger partial charge is 0.263 e. The number of methoxy groups -OCH3 is 1. The predicted octanol–water partition coefficient (Wildman–Crippen LogP) is 4.39. The van der Waals surface area contributed by atoms with Gasteiger partial charge in [-0.15, -0.1) is 0 Å². The lowest BCUT2D eigenvalue weighted by atomic mass is 10.1. The van der Waals surface area contributed by atoms with Gasteiger partial charge in [0.15, 0.2) is 5.82 Å². The molecule has 0 fully saturated rings. The number of aromatic nitrogens is 2. The summed E-state index contributed by atoms with van der Waals surface area (Å²) >= 11 is 0. The highest BCUT2D eigenvalue weighted by molar-refractivity contribution is 7.92. The van der Waals surface area contributed by atoms with Gasteiger partial charge < -0.3 is 15.2 Å². The Kier molecular flexibility index (Phi) is 9.66. The number of rotatable bonds is 14. The molecular weight excluding hydrogens is 404 g/mol. The number of anilines is 2. The van der Waals surface area contributed by atoms with Crippen molar-refractivity contribution in [1.29, 1.82) is 0 Å². The molecule has 1 aromatic carbocycles. The standard InChI is InChI=1S/C21H32N4O4S/c1-3-4-5-6-7-8-9-10-15-29-21-19(28-2)20(23-16-24-21)25-30(26,27)18-13-11-17(22)12-14-18/h11-14,16H,3-10,15,22H2,1-2H3,(H,23,24,25). The van der Waals surface area contributed by atoms with Crippen LogP contribution in [0.3, 0.4) is 0 Å². The van der Waals surface area contributed by atoms with Crippen molar-refractivity contribution < 1.29 is 17.9 Å². The Labute approximate surface area is 179 Å². The molecule has 0 radical (unpaired) electrons. The molecule has 0 atom stereocenters. The maximum atomic E-state index is 12.6. The van der Waals surface area contributed by atoms with Crippen LogP contribution < -0.4 is 19.9 Å². The zero-order chi connectivity index (χ0) is 21.8. The van der Waals surface area contributed by atoms with Crippen molar-refractivity contribution in [2.24, 2.45) is 0 Å². The van der Waals surface area contributed by atoms with Crippen LogP contribution >= 0.6 is 0 Å². The molecule has 3 N–H and O–H groups in total. The first-order valence-electron chi connectivity index (χ1n) is 10.4. The van der Waals surface area contributed by atoms with Crippen molar-refractivity contribution >= 4 is 21.5 Å². The lowest BCUT2D eigenvalue weighted by molar-refractivity contribution is 0.273. The van der Waals surface area contributed by atoms with Crippen molar-refractivity contribution in [2.45, 2.75) is 63.2 Å². The predicted molar refractivity (Wildman–Crippen MR) is 118 cm³/mol. The first kappa shape index (κ1) is 23.7. The third-order valence-corrected chi connectivity index (χ3v) is 5.99. The van der Waals surface area contributed by atoms with Gasteiger partial charge in [0.1, 0.15) is 6.33 Å². The summed E-state index contributed by atoms with van der Waals surface area (Å²) in [6.45, 7) is 2.69. The summed E-state index contributed by atoms with van der Waals surface area (Å²) in [5.74, 6) is 0.386. The zero-order valence-electron chi connectivity index (χ0n) is 17.8. The van der Waals surface area contributed by atoms with Crippen LogP contribution in [0.5, 0.6) is 11.6 Å². The number of benzene rings is 1. The molecule has 0 aliphatic carbocycles. The Morgan fingerprint density at radius 3 is 2.23 bits per heavy atom. The molecule has 1 aromatic heterocycles. The van der Waals surface area contributed by atoms with Gasteiger partial charge in [-0.1, -0.05) is 51.9 Å². The van der Waals surface area contributed by atoms with E-state index in [1.807, 2.05) is 0 Å². The number of hydrogen-bond acceptors (Lipinski definition) is 7. The number of nitrogen functional groups attached to an aromatic ring is 1. The Balaban J connectivity index is 1.91. The highest BCUT2D eigenvalue weighted by Gasteiger charge is 2.20. The molecular formula is C21H32N4O4S. The van der Waals surface area contributed by atoms with Gasteiger partial charge in [-0.25, -0.2) is 13.4 Å². The Hall–Kier alpha value is -2.55. The molecule has 0 bridgehead atoms. The average molecular weight is 437 g/mol. The van der Waals surface area contributed by atoms with Crippen LogP contribution in [-0.2, 0) is 10.0 Å². The largest absolute Gasteiger partial charge is 0.489 e. The third kappa shape index (κ3) is 7.37. The fraction of sp³-hybridized carbons (Fsp3) is 0.524. The molecule has 1 heterocycles. The van der Waals surface area contributed by atoms with E-state index >= 15 is 0 Å². The van der Waals surface area contributed by atoms with Crippen LogP contribution in [0.4, 0.5) is 11.5 Å². The van der Waals surface area contributed by atoms with E-state index in [2.05, 4.69) is 21.6 Å². The topological polar surface area (TPSA) is 116 Å². The molecule has 0 aliphatic rings. The van der Waals surface area contributed by atoms with Crippen LogP contribution in [0, 0.1) is 0 Å². The maximum absolute atomic E-state index is 12.6. The molecule has 0 saturated carbocycles. The van der Waals surface area contributed by atoms with Crippen molar-refractivity contribution in [3.63, 3.8) is 0 Å². The number of nitrogens with zero attached hydrogens (tertiary/aromatic N) is 2. The number of sulfonamides is 1. The second-order valence-corrected chi connectivity index (χ2v) is 8.74. The molecule has 0 spiro atoms. The number of unbranched alkanes of at least 4 members (excludes halogenated alkanes) is 7. The summed E-state index contributed by atoms with van der Waals surface area (Å²) in [5, 5.41) is 0. The van der Waals surface area contributed by atoms with Gasteiger partial charge in [0.25, 0.3) is 15.9 Å². The summed E-state index contributed by atoms with van der Waals surface area (Å²) in [4.78, 5) is 8.15. The van der Waals surface area contributed by atoms with Crippen LogP contribution in [0.2, 0.25) is 0 Å². The van der Waals surface area contributed by atoms with E-state index in [1.54, 1.807) is 0 Å². The highest BCUT2D eigenvalue weighted by Crippen LogP contribution is 2.32. The molecule has 0 aliphatic heterocycles. The van der Waals surface area contributed by atoms with Crippen molar-refractivity contribution in [2.75, 3.05) is 24.2 Å². The van der Waals surface area contributed by atoms with E-state index in [9.17, 15) is 8.42 Å². The van der Waals surface area contributed by atoms with Crippen LogP contribution in [0.25, 0.3) is 0 Å². The van der Waals surface area contributed by atoms with Crippen molar-refractivity contribution in [1.82, 2.24) is 9.97 Å². The molecule has 0 amide bonds. The summed E-state index contributed by atoms with van der Waals surface area (Å²) in [6.07, 6.45) is 10.8. The normalized spacial score (nSPS) is 11.3. The zero-order valence-corrected chi connectivity index (χ0v) is 18.6. The van der Waals surface area contributed by atoms with Gasteiger partial charge in [0.05, 0.1) is 18.6 Å². The molecule has 166 valence electrons. The quantitative estimate of drug-likeness (QED) is 0.333. The summed E-state index contributed by atoms with van der Waals surface area (Å²) in [5.41, 5.74) is 6.10. The van der Waals surface area contributed by atoms with Crippen molar-refractivity contribution in [3.8, 4) is 11.6 Å². The fourth-order valence-electron chi connectivity index (χ4n) is 2.96. The number of hydrogen-bond donors (Lipinski definition) is 2. The minimum atomic E-state index is -3.85. The minimum absolute atomic E-state index is 0.0234. The van der Waals surface area contributed by atoms with E-state index < -0.39 is 10.0 Å². The molecule has 0 unspecified atom stereocenters. The monoisotopic (exact) mass is 436 g/mol. The van der Waals surface area contributed by atoms with E-state index in [-0.39, 0.29) is 22.3 Å². The van der Waals surface area contributed by atoms with Gasteiger partial charge in [0.2, 0.25) is 5.75 Å². The van der Waals surface area contributed by atoms with Crippen LogP contribution in [0.1, 0.15) is 58.3 Å². The lowest BCUT2D eigenvalue weighted by Crippen LogP contribution is -2.15. The Morgan fingerprint density at radius 2 is 1.60 bits per heavy atom. The van der Waals surface area contributed by atoms with Gasteiger partial charge >= 0.3 is 0 Å². The molecule has 30 heavy (non-hydrogen) atoms. The third-order valence-electron chi connectivity index (χ3n) is 4.63. The van der Waals surface area contributed by atoms with Gasteiger partial charge in [0, 0.05) is 5.69 Å². The first-order chi connectivity index (χ1) is 14.5. The lowest BCUT2D eigenvalue weighted by Gasteiger charge is -2.14. The van der Waals surface area contributed by atoms with E-state index in [1.165, 1.54) is 76.2 Å². The Morgan fingerprint density at radius 1 is 0.967 bits per heavy atom. The molecule has 9 heteroatoms. The molecule has 8 nitrogen and oxygen atoms in total. The minimum Gasteiger partial charge on any atom is -0.489 e. The van der Waals surface area contributed by atoms with Crippen molar-refractivity contribution in [3.05, 3.63) is 30.6 Å². The van der Waals surface area contributed by atoms with Gasteiger partial charge in [-0.3, -0.25) is 4.72 Å². The molecule has 2 aromatic rings. The summed E-state index contributed by atoms with van der Waals surface area (Å²) in [6, 6.07) is 5.88. The van der Waals surface area contributed by atoms with Crippen LogP contribution in [-0.4, -0.2) is 32.1 Å².